The lowest BCUT2D eigenvalue weighted by Gasteiger charge is -2.32. The summed E-state index contributed by atoms with van der Waals surface area (Å²) in [6.07, 6.45) is 9.26. The molecule has 2 atom stereocenters. The molecule has 0 radical (unpaired) electrons. The van der Waals surface area contributed by atoms with Crippen LogP contribution in [0.15, 0.2) is 4.99 Å². The molecule has 1 amide bonds. The average Bonchev–Trinajstić information content (AvgIpc) is 3.18. The first-order valence-corrected chi connectivity index (χ1v) is 11.4. The minimum absolute atomic E-state index is 0.269. The van der Waals surface area contributed by atoms with Crippen LogP contribution >= 0.6 is 0 Å². The molecule has 6 heteroatoms. The average molecular weight is 394 g/mol. The predicted molar refractivity (Wildman–Crippen MR) is 118 cm³/mol. The summed E-state index contributed by atoms with van der Waals surface area (Å²) in [5.41, 5.74) is 0. The van der Waals surface area contributed by atoms with Crippen molar-refractivity contribution < 1.29 is 4.79 Å². The lowest BCUT2D eigenvalue weighted by molar-refractivity contribution is -0.135. The van der Waals surface area contributed by atoms with E-state index in [9.17, 15) is 4.79 Å². The van der Waals surface area contributed by atoms with Gasteiger partial charge in [-0.1, -0.05) is 46.0 Å². The molecule has 1 aliphatic carbocycles. The molecule has 0 aromatic heterocycles. The molecular weight excluding hydrogens is 350 g/mol. The van der Waals surface area contributed by atoms with Crippen LogP contribution in [0.1, 0.15) is 65.2 Å². The third kappa shape index (κ3) is 6.36. The Balaban J connectivity index is 1.82. The molecule has 0 aromatic rings. The number of likely N-dealkylation sites (tertiary alicyclic amines) is 1. The van der Waals surface area contributed by atoms with Crippen molar-refractivity contribution in [1.29, 1.82) is 0 Å². The molecule has 162 valence electrons. The molecule has 0 aromatic carbocycles. The zero-order valence-electron chi connectivity index (χ0n) is 18.8. The Bertz CT molecular complexity index is 497. The number of carbonyl (C=O) groups excluding carboxylic acids is 1. The Morgan fingerprint density at radius 3 is 2.39 bits per heavy atom. The summed E-state index contributed by atoms with van der Waals surface area (Å²) in [6.45, 7) is 7.11. The highest BCUT2D eigenvalue weighted by molar-refractivity contribution is 5.81. The number of amides is 1. The first-order chi connectivity index (χ1) is 13.5. The standard InChI is InChI=1S/C22H43N5O/c1-6-17(7-2)20(26(4)5)15-24-22(23-3)25-19-13-14-27(16-19)21(28)18-11-9-8-10-12-18/h17-20H,6-16H2,1-5H3,(H2,23,24,25). The number of hydrogen-bond acceptors (Lipinski definition) is 3. The maximum absolute atomic E-state index is 12.8. The van der Waals surface area contributed by atoms with Gasteiger partial charge in [0.2, 0.25) is 5.91 Å². The van der Waals surface area contributed by atoms with Gasteiger partial charge in [-0.25, -0.2) is 0 Å². The number of hydrogen-bond donors (Lipinski definition) is 2. The van der Waals surface area contributed by atoms with Crippen molar-refractivity contribution in [2.24, 2.45) is 16.8 Å². The van der Waals surface area contributed by atoms with E-state index in [1.807, 2.05) is 7.05 Å². The Morgan fingerprint density at radius 1 is 1.14 bits per heavy atom. The van der Waals surface area contributed by atoms with Crippen LogP contribution in [0.3, 0.4) is 0 Å². The molecule has 2 fully saturated rings. The topological polar surface area (TPSA) is 60.0 Å². The Kier molecular flexibility index (Phi) is 9.56. The molecule has 1 saturated carbocycles. The quantitative estimate of drug-likeness (QED) is 0.492. The van der Waals surface area contributed by atoms with E-state index in [-0.39, 0.29) is 5.92 Å². The number of aliphatic imine (C=N–C) groups is 1. The summed E-state index contributed by atoms with van der Waals surface area (Å²) in [7, 11) is 6.15. The smallest absolute Gasteiger partial charge is 0.225 e. The van der Waals surface area contributed by atoms with Crippen LogP contribution in [-0.4, -0.2) is 74.5 Å². The molecular formula is C22H43N5O. The van der Waals surface area contributed by atoms with Gasteiger partial charge in [-0.05, 0) is 39.3 Å². The van der Waals surface area contributed by atoms with Crippen molar-refractivity contribution >= 4 is 11.9 Å². The van der Waals surface area contributed by atoms with Gasteiger partial charge < -0.3 is 20.4 Å². The van der Waals surface area contributed by atoms with Crippen LogP contribution in [0, 0.1) is 11.8 Å². The number of rotatable bonds is 8. The van der Waals surface area contributed by atoms with Gasteiger partial charge in [-0.15, -0.1) is 0 Å². The van der Waals surface area contributed by atoms with Crippen molar-refractivity contribution in [1.82, 2.24) is 20.4 Å². The summed E-state index contributed by atoms with van der Waals surface area (Å²) < 4.78 is 0. The van der Waals surface area contributed by atoms with Crippen LogP contribution < -0.4 is 10.6 Å². The third-order valence-electron chi connectivity index (χ3n) is 6.75. The second kappa shape index (κ2) is 11.6. The van der Waals surface area contributed by atoms with Crippen LogP contribution in [0.2, 0.25) is 0 Å². The SMILES string of the molecule is CCC(CC)C(CNC(=NC)NC1CCN(C(=O)C2CCCCC2)C1)N(C)C. The number of carbonyl (C=O) groups is 1. The van der Waals surface area contributed by atoms with E-state index in [1.54, 1.807) is 0 Å². The molecule has 1 heterocycles. The molecule has 2 N–H and O–H groups in total. The first-order valence-electron chi connectivity index (χ1n) is 11.4. The highest BCUT2D eigenvalue weighted by atomic mass is 16.2. The maximum atomic E-state index is 12.8. The largest absolute Gasteiger partial charge is 0.355 e. The molecule has 2 unspecified atom stereocenters. The lowest BCUT2D eigenvalue weighted by Crippen LogP contribution is -2.50. The molecule has 2 aliphatic rings. The van der Waals surface area contributed by atoms with E-state index in [0.717, 1.165) is 44.9 Å². The predicted octanol–water partition coefficient (Wildman–Crippen LogP) is 2.70. The Morgan fingerprint density at radius 2 is 1.82 bits per heavy atom. The van der Waals surface area contributed by atoms with Crippen molar-refractivity contribution in [2.75, 3.05) is 40.8 Å². The van der Waals surface area contributed by atoms with E-state index in [4.69, 9.17) is 0 Å². The molecule has 2 rings (SSSR count). The number of guanidine groups is 1. The van der Waals surface area contributed by atoms with Gasteiger partial charge in [0, 0.05) is 44.7 Å². The molecule has 6 nitrogen and oxygen atoms in total. The second-order valence-electron chi connectivity index (χ2n) is 8.81. The normalized spacial score (nSPS) is 22.8. The van der Waals surface area contributed by atoms with Gasteiger partial charge in [0.1, 0.15) is 0 Å². The van der Waals surface area contributed by atoms with Crippen molar-refractivity contribution in [2.45, 2.75) is 77.3 Å². The van der Waals surface area contributed by atoms with Crippen LogP contribution in [0.5, 0.6) is 0 Å². The van der Waals surface area contributed by atoms with Gasteiger partial charge in [-0.3, -0.25) is 9.79 Å². The van der Waals surface area contributed by atoms with E-state index in [1.165, 1.54) is 32.1 Å². The highest BCUT2D eigenvalue weighted by Crippen LogP contribution is 2.26. The van der Waals surface area contributed by atoms with Crippen molar-refractivity contribution in [3.63, 3.8) is 0 Å². The van der Waals surface area contributed by atoms with E-state index in [0.29, 0.717) is 23.9 Å². The third-order valence-corrected chi connectivity index (χ3v) is 6.75. The summed E-state index contributed by atoms with van der Waals surface area (Å²) >= 11 is 0. The van der Waals surface area contributed by atoms with Gasteiger partial charge in [0.05, 0.1) is 0 Å². The number of nitrogens with zero attached hydrogens (tertiary/aromatic N) is 3. The molecule has 1 saturated heterocycles. The number of likely N-dealkylation sites (N-methyl/N-ethyl adjacent to an activating group) is 1. The van der Waals surface area contributed by atoms with Gasteiger partial charge in [-0.2, -0.15) is 0 Å². The Hall–Kier alpha value is -1.30. The zero-order chi connectivity index (χ0) is 20.5. The fourth-order valence-electron chi connectivity index (χ4n) is 4.88. The number of nitrogens with one attached hydrogen (secondary N) is 2. The van der Waals surface area contributed by atoms with Crippen molar-refractivity contribution in [3.05, 3.63) is 0 Å². The molecule has 0 spiro atoms. The van der Waals surface area contributed by atoms with E-state index in [2.05, 4.69) is 53.4 Å². The zero-order valence-corrected chi connectivity index (χ0v) is 18.8. The fraction of sp³-hybridized carbons (Fsp3) is 0.909. The maximum Gasteiger partial charge on any atom is 0.225 e. The fourth-order valence-corrected chi connectivity index (χ4v) is 4.88. The Labute approximate surface area is 172 Å². The summed E-state index contributed by atoms with van der Waals surface area (Å²) in [5, 5.41) is 7.08. The first kappa shape index (κ1) is 23.0. The summed E-state index contributed by atoms with van der Waals surface area (Å²) in [5.74, 6) is 2.18. The lowest BCUT2D eigenvalue weighted by atomic mass is 9.88. The molecule has 0 bridgehead atoms. The van der Waals surface area contributed by atoms with Gasteiger partial charge in [0.25, 0.3) is 0 Å². The van der Waals surface area contributed by atoms with E-state index < -0.39 is 0 Å². The minimum atomic E-state index is 0.269. The van der Waals surface area contributed by atoms with Gasteiger partial charge >= 0.3 is 0 Å². The van der Waals surface area contributed by atoms with Crippen LogP contribution in [0.4, 0.5) is 0 Å². The summed E-state index contributed by atoms with van der Waals surface area (Å²) in [4.78, 5) is 21.6. The van der Waals surface area contributed by atoms with Gasteiger partial charge in [0.15, 0.2) is 5.96 Å². The monoisotopic (exact) mass is 393 g/mol. The highest BCUT2D eigenvalue weighted by Gasteiger charge is 2.32. The van der Waals surface area contributed by atoms with Crippen molar-refractivity contribution in [3.8, 4) is 0 Å². The molecule has 1 aliphatic heterocycles. The summed E-state index contributed by atoms with van der Waals surface area (Å²) in [6, 6.07) is 0.784. The van der Waals surface area contributed by atoms with Crippen LogP contribution in [0.25, 0.3) is 0 Å². The molecule has 28 heavy (non-hydrogen) atoms. The minimum Gasteiger partial charge on any atom is -0.355 e. The van der Waals surface area contributed by atoms with Crippen LogP contribution in [-0.2, 0) is 4.79 Å². The van der Waals surface area contributed by atoms with E-state index >= 15 is 0 Å². The second-order valence-corrected chi connectivity index (χ2v) is 8.81.